The van der Waals surface area contributed by atoms with Gasteiger partial charge in [0.2, 0.25) is 0 Å². The Labute approximate surface area is 142 Å². The van der Waals surface area contributed by atoms with Crippen molar-refractivity contribution in [3.8, 4) is 0 Å². The third-order valence-electron chi connectivity index (χ3n) is 3.53. The van der Waals surface area contributed by atoms with E-state index in [4.69, 9.17) is 9.47 Å². The Hall–Kier alpha value is -2.62. The van der Waals surface area contributed by atoms with Crippen LogP contribution in [0.3, 0.4) is 0 Å². The highest BCUT2D eigenvalue weighted by Gasteiger charge is 2.19. The average molecular weight is 326 g/mol. The molecule has 0 aliphatic heterocycles. The first-order valence-corrected chi connectivity index (χ1v) is 7.97. The Balaban J connectivity index is 2.09. The van der Waals surface area contributed by atoms with E-state index in [1.165, 1.54) is 0 Å². The van der Waals surface area contributed by atoms with E-state index in [0.29, 0.717) is 6.61 Å². The van der Waals surface area contributed by atoms with Gasteiger partial charge in [-0.3, -0.25) is 0 Å². The van der Waals surface area contributed by atoms with Crippen LogP contribution >= 0.6 is 0 Å². The number of esters is 2. The summed E-state index contributed by atoms with van der Waals surface area (Å²) in [5, 5.41) is 0. The first-order chi connectivity index (χ1) is 11.5. The number of aryl methyl sites for hydroxylation is 1. The first-order valence-electron chi connectivity index (χ1n) is 7.97. The summed E-state index contributed by atoms with van der Waals surface area (Å²) in [6, 6.07) is 14.2. The fourth-order valence-electron chi connectivity index (χ4n) is 2.15. The summed E-state index contributed by atoms with van der Waals surface area (Å²) >= 11 is 0. The Kier molecular flexibility index (Phi) is 6.13. The number of rotatable bonds is 6. The Morgan fingerprint density at radius 1 is 0.875 bits per heavy atom. The summed E-state index contributed by atoms with van der Waals surface area (Å²) in [5.74, 6) is -0.809. The molecular formula is C20H22O4. The van der Waals surface area contributed by atoms with E-state index < -0.39 is 11.9 Å². The van der Waals surface area contributed by atoms with E-state index in [1.54, 1.807) is 24.3 Å². The molecule has 0 aromatic heterocycles. The molecule has 0 saturated heterocycles. The van der Waals surface area contributed by atoms with E-state index in [-0.39, 0.29) is 23.7 Å². The van der Waals surface area contributed by atoms with Gasteiger partial charge in [0.15, 0.2) is 0 Å². The maximum absolute atomic E-state index is 12.4. The third kappa shape index (κ3) is 4.69. The van der Waals surface area contributed by atoms with Gasteiger partial charge in [-0.1, -0.05) is 50.2 Å². The van der Waals surface area contributed by atoms with Gasteiger partial charge in [0.05, 0.1) is 17.7 Å². The molecule has 2 aromatic carbocycles. The molecule has 0 saturated carbocycles. The van der Waals surface area contributed by atoms with Gasteiger partial charge in [-0.05, 0) is 36.1 Å². The molecule has 4 heteroatoms. The van der Waals surface area contributed by atoms with Crippen LogP contribution in [-0.4, -0.2) is 18.5 Å². The zero-order valence-electron chi connectivity index (χ0n) is 14.2. The minimum absolute atomic E-state index is 0.168. The topological polar surface area (TPSA) is 52.6 Å². The summed E-state index contributed by atoms with van der Waals surface area (Å²) in [6.45, 7) is 6.35. The number of ether oxygens (including phenoxy) is 2. The molecule has 0 bridgehead atoms. The van der Waals surface area contributed by atoms with Crippen LogP contribution in [0.5, 0.6) is 0 Å². The van der Waals surface area contributed by atoms with Crippen LogP contribution in [-0.2, 0) is 16.1 Å². The van der Waals surface area contributed by atoms with Crippen LogP contribution in [0.15, 0.2) is 48.5 Å². The summed E-state index contributed by atoms with van der Waals surface area (Å²) in [5.41, 5.74) is 2.44. The number of hydrogen-bond acceptors (Lipinski definition) is 4. The third-order valence-corrected chi connectivity index (χ3v) is 3.53. The van der Waals surface area contributed by atoms with Crippen LogP contribution in [0.4, 0.5) is 0 Å². The zero-order valence-corrected chi connectivity index (χ0v) is 14.2. The van der Waals surface area contributed by atoms with E-state index in [2.05, 4.69) is 0 Å². The Bertz CT molecular complexity index is 719. The maximum Gasteiger partial charge on any atom is 0.339 e. The highest BCUT2D eigenvalue weighted by atomic mass is 16.5. The van der Waals surface area contributed by atoms with Gasteiger partial charge in [0.1, 0.15) is 6.61 Å². The molecule has 2 aromatic rings. The monoisotopic (exact) mass is 326 g/mol. The summed E-state index contributed by atoms with van der Waals surface area (Å²) < 4.78 is 10.6. The maximum atomic E-state index is 12.4. The van der Waals surface area contributed by atoms with Gasteiger partial charge >= 0.3 is 11.9 Å². The molecule has 0 spiro atoms. The van der Waals surface area contributed by atoms with Crippen molar-refractivity contribution >= 4 is 11.9 Å². The SMILES string of the molecule is Cc1ccccc1COC(=O)c1ccccc1C(=O)OCC(C)C. The first kappa shape index (κ1) is 17.7. The molecule has 0 heterocycles. The van der Waals surface area contributed by atoms with Crippen LogP contribution < -0.4 is 0 Å². The van der Waals surface area contributed by atoms with E-state index in [1.807, 2.05) is 45.0 Å². The largest absolute Gasteiger partial charge is 0.462 e. The Morgan fingerprint density at radius 3 is 2.00 bits per heavy atom. The fraction of sp³-hybridized carbons (Fsp3) is 0.300. The van der Waals surface area contributed by atoms with E-state index >= 15 is 0 Å². The van der Waals surface area contributed by atoms with Crippen LogP contribution in [0.1, 0.15) is 45.7 Å². The number of carbonyl (C=O) groups is 2. The molecular weight excluding hydrogens is 304 g/mol. The minimum atomic E-state index is -0.532. The summed E-state index contributed by atoms with van der Waals surface area (Å²) in [4.78, 5) is 24.5. The van der Waals surface area contributed by atoms with Crippen molar-refractivity contribution in [3.63, 3.8) is 0 Å². The van der Waals surface area contributed by atoms with Crippen molar-refractivity contribution in [3.05, 3.63) is 70.8 Å². The molecule has 2 rings (SSSR count). The normalized spacial score (nSPS) is 10.5. The van der Waals surface area contributed by atoms with Gasteiger partial charge in [-0.15, -0.1) is 0 Å². The van der Waals surface area contributed by atoms with E-state index in [9.17, 15) is 9.59 Å². The summed E-state index contributed by atoms with van der Waals surface area (Å²) in [6.07, 6.45) is 0. The van der Waals surface area contributed by atoms with E-state index in [0.717, 1.165) is 11.1 Å². The Morgan fingerprint density at radius 2 is 1.42 bits per heavy atom. The molecule has 24 heavy (non-hydrogen) atoms. The second-order valence-corrected chi connectivity index (χ2v) is 6.04. The van der Waals surface area contributed by atoms with Gasteiger partial charge in [0, 0.05) is 0 Å². The van der Waals surface area contributed by atoms with Crippen molar-refractivity contribution in [1.82, 2.24) is 0 Å². The van der Waals surface area contributed by atoms with Crippen LogP contribution in [0.2, 0.25) is 0 Å². The predicted molar refractivity (Wildman–Crippen MR) is 91.9 cm³/mol. The quantitative estimate of drug-likeness (QED) is 0.748. The van der Waals surface area contributed by atoms with Gasteiger partial charge in [-0.2, -0.15) is 0 Å². The standard InChI is InChI=1S/C20H22O4/c1-14(2)12-23-19(21)17-10-6-7-11-18(17)20(22)24-13-16-9-5-4-8-15(16)3/h4-11,14H,12-13H2,1-3H3. The zero-order chi connectivity index (χ0) is 17.5. The highest BCUT2D eigenvalue weighted by molar-refractivity contribution is 6.03. The van der Waals surface area contributed by atoms with Crippen molar-refractivity contribution in [1.29, 1.82) is 0 Å². The van der Waals surface area contributed by atoms with Crippen molar-refractivity contribution in [2.24, 2.45) is 5.92 Å². The average Bonchev–Trinajstić information content (AvgIpc) is 2.58. The van der Waals surface area contributed by atoms with Crippen molar-refractivity contribution < 1.29 is 19.1 Å². The lowest BCUT2D eigenvalue weighted by Gasteiger charge is -2.11. The fourth-order valence-corrected chi connectivity index (χ4v) is 2.15. The van der Waals surface area contributed by atoms with Gasteiger partial charge < -0.3 is 9.47 Å². The van der Waals surface area contributed by atoms with Gasteiger partial charge in [-0.25, -0.2) is 9.59 Å². The molecule has 0 fully saturated rings. The molecule has 0 aliphatic rings. The molecule has 0 aliphatic carbocycles. The second-order valence-electron chi connectivity index (χ2n) is 6.04. The number of benzene rings is 2. The smallest absolute Gasteiger partial charge is 0.339 e. The van der Waals surface area contributed by atoms with Crippen LogP contribution in [0.25, 0.3) is 0 Å². The lowest BCUT2D eigenvalue weighted by molar-refractivity contribution is 0.0418. The lowest BCUT2D eigenvalue weighted by Crippen LogP contribution is -2.16. The van der Waals surface area contributed by atoms with Crippen molar-refractivity contribution in [2.45, 2.75) is 27.4 Å². The predicted octanol–water partition coefficient (Wildman–Crippen LogP) is 4.16. The van der Waals surface area contributed by atoms with Crippen molar-refractivity contribution in [2.75, 3.05) is 6.61 Å². The summed E-state index contributed by atoms with van der Waals surface area (Å²) in [7, 11) is 0. The molecule has 4 nitrogen and oxygen atoms in total. The highest BCUT2D eigenvalue weighted by Crippen LogP contribution is 2.15. The second kappa shape index (κ2) is 8.29. The molecule has 0 N–H and O–H groups in total. The molecule has 126 valence electrons. The number of hydrogen-bond donors (Lipinski definition) is 0. The van der Waals surface area contributed by atoms with Gasteiger partial charge in [0.25, 0.3) is 0 Å². The molecule has 0 unspecified atom stereocenters. The molecule has 0 amide bonds. The lowest BCUT2D eigenvalue weighted by atomic mass is 10.1. The minimum Gasteiger partial charge on any atom is -0.462 e. The van der Waals surface area contributed by atoms with Crippen LogP contribution in [0, 0.1) is 12.8 Å². The molecule has 0 radical (unpaired) electrons. The number of carbonyl (C=O) groups excluding carboxylic acids is 2. The molecule has 0 atom stereocenters.